The second kappa shape index (κ2) is 5.81. The molecule has 0 saturated carbocycles. The van der Waals surface area contributed by atoms with Crippen molar-refractivity contribution in [2.75, 3.05) is 6.79 Å². The average Bonchev–Trinajstić information content (AvgIpc) is 3.25. The molecule has 7 heteroatoms. The normalized spacial score (nSPS) is 12.4. The topological polar surface area (TPSA) is 66.6 Å². The molecule has 4 rings (SSSR count). The molecule has 1 aliphatic heterocycles. The van der Waals surface area contributed by atoms with Crippen molar-refractivity contribution in [3.8, 4) is 28.7 Å². The Kier molecular flexibility index (Phi) is 3.51. The van der Waals surface area contributed by atoms with Crippen LogP contribution in [0.25, 0.3) is 11.5 Å². The molecule has 2 aromatic carbocycles. The summed E-state index contributed by atoms with van der Waals surface area (Å²) >= 11 is 6.15. The Hall–Kier alpha value is -2.73. The lowest BCUT2D eigenvalue weighted by molar-refractivity contribution is 0.174. The Morgan fingerprint density at radius 1 is 1.13 bits per heavy atom. The SMILES string of the molecule is Clc1cc(COc2ccc(-c3nnco3)cc2)cc2c1OCO2. The van der Waals surface area contributed by atoms with Gasteiger partial charge in [0, 0.05) is 5.56 Å². The van der Waals surface area contributed by atoms with Crippen molar-refractivity contribution in [3.63, 3.8) is 0 Å². The van der Waals surface area contributed by atoms with Crippen LogP contribution in [0.15, 0.2) is 47.2 Å². The van der Waals surface area contributed by atoms with Crippen LogP contribution in [-0.2, 0) is 6.61 Å². The number of benzene rings is 2. The molecule has 0 atom stereocenters. The number of hydrogen-bond acceptors (Lipinski definition) is 6. The molecule has 0 unspecified atom stereocenters. The smallest absolute Gasteiger partial charge is 0.247 e. The molecule has 0 aliphatic carbocycles. The summed E-state index contributed by atoms with van der Waals surface area (Å²) in [6.07, 6.45) is 1.29. The summed E-state index contributed by atoms with van der Waals surface area (Å²) in [7, 11) is 0. The third-order valence-corrected chi connectivity index (χ3v) is 3.63. The van der Waals surface area contributed by atoms with E-state index in [4.69, 9.17) is 30.2 Å². The summed E-state index contributed by atoms with van der Waals surface area (Å²) in [5.74, 6) is 2.42. The molecule has 0 radical (unpaired) electrons. The van der Waals surface area contributed by atoms with Gasteiger partial charge in [0.15, 0.2) is 11.5 Å². The highest BCUT2D eigenvalue weighted by Crippen LogP contribution is 2.40. The highest BCUT2D eigenvalue weighted by molar-refractivity contribution is 6.32. The fourth-order valence-electron chi connectivity index (χ4n) is 2.26. The lowest BCUT2D eigenvalue weighted by Crippen LogP contribution is -1.96. The summed E-state index contributed by atoms with van der Waals surface area (Å²) in [6.45, 7) is 0.562. The minimum absolute atomic E-state index is 0.191. The predicted molar refractivity (Wildman–Crippen MR) is 81.6 cm³/mol. The van der Waals surface area contributed by atoms with E-state index in [-0.39, 0.29) is 6.79 Å². The van der Waals surface area contributed by atoms with Crippen molar-refractivity contribution in [1.29, 1.82) is 0 Å². The molecule has 6 nitrogen and oxygen atoms in total. The zero-order valence-corrected chi connectivity index (χ0v) is 12.6. The van der Waals surface area contributed by atoms with Crippen LogP contribution in [0.2, 0.25) is 5.02 Å². The number of rotatable bonds is 4. The van der Waals surface area contributed by atoms with Gasteiger partial charge >= 0.3 is 0 Å². The first-order valence-corrected chi connectivity index (χ1v) is 7.25. The van der Waals surface area contributed by atoms with E-state index in [0.29, 0.717) is 29.0 Å². The van der Waals surface area contributed by atoms with Crippen LogP contribution >= 0.6 is 11.6 Å². The minimum Gasteiger partial charge on any atom is -0.489 e. The summed E-state index contributed by atoms with van der Waals surface area (Å²) in [5.41, 5.74) is 1.74. The number of hydrogen-bond donors (Lipinski definition) is 0. The van der Waals surface area contributed by atoms with Crippen LogP contribution in [0.3, 0.4) is 0 Å². The lowest BCUT2D eigenvalue weighted by atomic mass is 10.2. The van der Waals surface area contributed by atoms with E-state index in [2.05, 4.69) is 10.2 Å². The Bertz CT molecular complexity index is 819. The number of fused-ring (bicyclic) bond motifs is 1. The molecule has 116 valence electrons. The Morgan fingerprint density at radius 2 is 2.00 bits per heavy atom. The van der Waals surface area contributed by atoms with E-state index in [0.717, 1.165) is 16.9 Å². The van der Waals surface area contributed by atoms with Gasteiger partial charge in [-0.2, -0.15) is 0 Å². The largest absolute Gasteiger partial charge is 0.489 e. The fourth-order valence-corrected chi connectivity index (χ4v) is 2.55. The zero-order chi connectivity index (χ0) is 15.6. The summed E-state index contributed by atoms with van der Waals surface area (Å²) in [4.78, 5) is 0. The molecule has 0 saturated heterocycles. The van der Waals surface area contributed by atoms with Crippen LogP contribution in [0, 0.1) is 0 Å². The van der Waals surface area contributed by atoms with E-state index in [9.17, 15) is 0 Å². The molecule has 0 spiro atoms. The van der Waals surface area contributed by atoms with Gasteiger partial charge in [-0.05, 0) is 42.0 Å². The van der Waals surface area contributed by atoms with Crippen LogP contribution < -0.4 is 14.2 Å². The first-order chi connectivity index (χ1) is 11.3. The highest BCUT2D eigenvalue weighted by atomic mass is 35.5. The van der Waals surface area contributed by atoms with E-state index in [1.54, 1.807) is 0 Å². The predicted octanol–water partition coefficient (Wildman–Crippen LogP) is 3.70. The van der Waals surface area contributed by atoms with Gasteiger partial charge in [0.1, 0.15) is 12.4 Å². The summed E-state index contributed by atoms with van der Waals surface area (Å²) in [6, 6.07) is 11.1. The summed E-state index contributed by atoms with van der Waals surface area (Å²) in [5, 5.41) is 8.02. The first kappa shape index (κ1) is 13.9. The Labute approximate surface area is 136 Å². The molecule has 0 amide bonds. The monoisotopic (exact) mass is 330 g/mol. The molecule has 2 heterocycles. The van der Waals surface area contributed by atoms with Crippen LogP contribution in [0.4, 0.5) is 0 Å². The van der Waals surface area contributed by atoms with Gasteiger partial charge in [-0.3, -0.25) is 0 Å². The van der Waals surface area contributed by atoms with Gasteiger partial charge in [0.05, 0.1) is 5.02 Å². The van der Waals surface area contributed by atoms with Crippen LogP contribution in [0.5, 0.6) is 17.2 Å². The van der Waals surface area contributed by atoms with E-state index in [1.165, 1.54) is 6.39 Å². The van der Waals surface area contributed by atoms with Gasteiger partial charge in [0.2, 0.25) is 19.1 Å². The third-order valence-electron chi connectivity index (χ3n) is 3.35. The second-order valence-corrected chi connectivity index (χ2v) is 5.28. The van der Waals surface area contributed by atoms with Crippen molar-refractivity contribution in [1.82, 2.24) is 10.2 Å². The Morgan fingerprint density at radius 3 is 2.78 bits per heavy atom. The molecule has 1 aromatic heterocycles. The van der Waals surface area contributed by atoms with Gasteiger partial charge < -0.3 is 18.6 Å². The van der Waals surface area contributed by atoms with Crippen molar-refractivity contribution >= 4 is 11.6 Å². The van der Waals surface area contributed by atoms with Crippen LogP contribution in [0.1, 0.15) is 5.56 Å². The van der Waals surface area contributed by atoms with Gasteiger partial charge in [-0.15, -0.1) is 10.2 Å². The molecule has 23 heavy (non-hydrogen) atoms. The molecule has 0 bridgehead atoms. The molecule has 1 aliphatic rings. The highest BCUT2D eigenvalue weighted by Gasteiger charge is 2.18. The average molecular weight is 331 g/mol. The third kappa shape index (κ3) is 2.80. The standard InChI is InChI=1S/C16H11ClN2O4/c17-13-5-10(6-14-15(13)23-9-22-14)7-20-12-3-1-11(2-4-12)16-19-18-8-21-16/h1-6,8H,7,9H2. The number of halogens is 1. The second-order valence-electron chi connectivity index (χ2n) is 4.87. The van der Waals surface area contributed by atoms with Crippen LogP contribution in [-0.4, -0.2) is 17.0 Å². The first-order valence-electron chi connectivity index (χ1n) is 6.87. The fraction of sp³-hybridized carbons (Fsp3) is 0.125. The lowest BCUT2D eigenvalue weighted by Gasteiger charge is -2.08. The molecule has 0 fully saturated rings. The van der Waals surface area contributed by atoms with Crippen molar-refractivity contribution in [2.24, 2.45) is 0 Å². The van der Waals surface area contributed by atoms with E-state index >= 15 is 0 Å². The molecule has 3 aromatic rings. The van der Waals surface area contributed by atoms with Gasteiger partial charge in [0.25, 0.3) is 0 Å². The molecular formula is C16H11ClN2O4. The molecule has 0 N–H and O–H groups in total. The maximum absolute atomic E-state index is 6.15. The number of ether oxygens (including phenoxy) is 3. The zero-order valence-electron chi connectivity index (χ0n) is 11.9. The van der Waals surface area contributed by atoms with Crippen molar-refractivity contribution in [3.05, 3.63) is 53.4 Å². The number of aromatic nitrogens is 2. The molecular weight excluding hydrogens is 320 g/mol. The Balaban J connectivity index is 1.46. The summed E-state index contributed by atoms with van der Waals surface area (Å²) < 4.78 is 21.5. The quantitative estimate of drug-likeness (QED) is 0.726. The van der Waals surface area contributed by atoms with Crippen molar-refractivity contribution in [2.45, 2.75) is 6.61 Å². The van der Waals surface area contributed by atoms with Gasteiger partial charge in [-0.1, -0.05) is 11.6 Å². The van der Waals surface area contributed by atoms with E-state index < -0.39 is 0 Å². The minimum atomic E-state index is 0.191. The number of nitrogens with zero attached hydrogens (tertiary/aromatic N) is 2. The van der Waals surface area contributed by atoms with Gasteiger partial charge in [-0.25, -0.2) is 0 Å². The maximum atomic E-state index is 6.15. The van der Waals surface area contributed by atoms with Crippen molar-refractivity contribution < 1.29 is 18.6 Å². The van der Waals surface area contributed by atoms with E-state index in [1.807, 2.05) is 36.4 Å². The maximum Gasteiger partial charge on any atom is 0.247 e.